The Morgan fingerprint density at radius 1 is 0.769 bits per heavy atom. The van der Waals surface area contributed by atoms with Gasteiger partial charge in [0.2, 0.25) is 0 Å². The van der Waals surface area contributed by atoms with Gasteiger partial charge in [-0.2, -0.15) is 0 Å². The predicted octanol–water partition coefficient (Wildman–Crippen LogP) is 1.96. The fourth-order valence-electron chi connectivity index (χ4n) is 1.34. The molecule has 0 aliphatic carbocycles. The summed E-state index contributed by atoms with van der Waals surface area (Å²) in [5.74, 6) is -0.0545. The Morgan fingerprint density at radius 2 is 1.54 bits per heavy atom. The molecule has 13 heavy (non-hydrogen) atoms. The first-order valence-electron chi connectivity index (χ1n) is 3.82. The first-order valence-corrected chi connectivity index (χ1v) is 3.82. The van der Waals surface area contributed by atoms with Crippen LogP contribution in [0, 0.1) is 0 Å². The van der Waals surface area contributed by atoms with Gasteiger partial charge in [-0.1, -0.05) is 12.1 Å². The van der Waals surface area contributed by atoms with Crippen molar-refractivity contribution in [2.24, 2.45) is 0 Å². The maximum Gasteiger partial charge on any atom is 0.127 e. The molecule has 0 spiro atoms. The zero-order valence-electron chi connectivity index (χ0n) is 6.73. The average molecular weight is 176 g/mol. The van der Waals surface area contributed by atoms with Crippen molar-refractivity contribution in [3.8, 4) is 17.2 Å². The standard InChI is InChI=1S/C10H8O3/c11-6-4-8-7(10(13)5-6)2-1-3-9(8)12/h1-5,11-13H. The molecule has 0 saturated carbocycles. The Kier molecular flexibility index (Phi) is 1.52. The first kappa shape index (κ1) is 7.73. The van der Waals surface area contributed by atoms with Crippen molar-refractivity contribution >= 4 is 10.8 Å². The van der Waals surface area contributed by atoms with Crippen molar-refractivity contribution in [3.63, 3.8) is 0 Å². The second-order valence-corrected chi connectivity index (χ2v) is 2.84. The molecule has 0 fully saturated rings. The van der Waals surface area contributed by atoms with Gasteiger partial charge < -0.3 is 15.3 Å². The molecule has 0 saturated heterocycles. The molecular formula is C10H8O3. The van der Waals surface area contributed by atoms with Crippen LogP contribution in [0.1, 0.15) is 0 Å². The van der Waals surface area contributed by atoms with Crippen molar-refractivity contribution in [2.75, 3.05) is 0 Å². The molecule has 0 heterocycles. The van der Waals surface area contributed by atoms with E-state index in [1.54, 1.807) is 12.1 Å². The molecule has 3 N–H and O–H groups in total. The van der Waals surface area contributed by atoms with Crippen molar-refractivity contribution in [1.29, 1.82) is 0 Å². The molecule has 3 nitrogen and oxygen atoms in total. The zero-order chi connectivity index (χ0) is 9.42. The fourth-order valence-corrected chi connectivity index (χ4v) is 1.34. The third-order valence-electron chi connectivity index (χ3n) is 1.94. The summed E-state index contributed by atoms with van der Waals surface area (Å²) in [5.41, 5.74) is 0. The molecule has 2 aromatic rings. The SMILES string of the molecule is Oc1cc(O)c2cccc(O)c2c1. The molecule has 0 aliphatic heterocycles. The van der Waals surface area contributed by atoms with Crippen molar-refractivity contribution in [2.45, 2.75) is 0 Å². The highest BCUT2D eigenvalue weighted by Gasteiger charge is 2.04. The second kappa shape index (κ2) is 2.55. The lowest BCUT2D eigenvalue weighted by molar-refractivity contribution is 0.452. The van der Waals surface area contributed by atoms with Crippen LogP contribution in [0.4, 0.5) is 0 Å². The average Bonchev–Trinajstić information content (AvgIpc) is 2.07. The van der Waals surface area contributed by atoms with E-state index in [2.05, 4.69) is 0 Å². The lowest BCUT2D eigenvalue weighted by atomic mass is 10.1. The Morgan fingerprint density at radius 3 is 2.31 bits per heavy atom. The molecule has 0 unspecified atom stereocenters. The van der Waals surface area contributed by atoms with E-state index < -0.39 is 0 Å². The molecule has 0 aromatic heterocycles. The lowest BCUT2D eigenvalue weighted by Gasteiger charge is -2.03. The van der Waals surface area contributed by atoms with Crippen LogP contribution in [0.5, 0.6) is 17.2 Å². The summed E-state index contributed by atoms with van der Waals surface area (Å²) in [7, 11) is 0. The molecule has 3 heteroatoms. The minimum atomic E-state index is -0.0634. The number of hydrogen-bond acceptors (Lipinski definition) is 3. The summed E-state index contributed by atoms with van der Waals surface area (Å²) < 4.78 is 0. The molecule has 0 bridgehead atoms. The van der Waals surface area contributed by atoms with Crippen LogP contribution in [0.3, 0.4) is 0 Å². The van der Waals surface area contributed by atoms with Gasteiger partial charge in [0.1, 0.15) is 17.2 Å². The van der Waals surface area contributed by atoms with Gasteiger partial charge in [0.15, 0.2) is 0 Å². The third kappa shape index (κ3) is 1.14. The molecule has 0 atom stereocenters. The smallest absolute Gasteiger partial charge is 0.127 e. The van der Waals surface area contributed by atoms with Gasteiger partial charge in [0.25, 0.3) is 0 Å². The van der Waals surface area contributed by atoms with Crippen molar-refractivity contribution in [1.82, 2.24) is 0 Å². The van der Waals surface area contributed by atoms with Gasteiger partial charge in [0.05, 0.1) is 0 Å². The lowest BCUT2D eigenvalue weighted by Crippen LogP contribution is -1.75. The van der Waals surface area contributed by atoms with Crippen LogP contribution in [-0.2, 0) is 0 Å². The van der Waals surface area contributed by atoms with Crippen LogP contribution in [0.15, 0.2) is 30.3 Å². The monoisotopic (exact) mass is 176 g/mol. The largest absolute Gasteiger partial charge is 0.508 e. The maximum atomic E-state index is 9.41. The summed E-state index contributed by atoms with van der Waals surface area (Å²) in [6, 6.07) is 7.45. The molecule has 2 aromatic carbocycles. The predicted molar refractivity (Wildman–Crippen MR) is 48.9 cm³/mol. The van der Waals surface area contributed by atoms with Crippen LogP contribution < -0.4 is 0 Å². The van der Waals surface area contributed by atoms with Gasteiger partial charge in [-0.05, 0) is 12.1 Å². The topological polar surface area (TPSA) is 60.7 Å². The summed E-state index contributed by atoms with van der Waals surface area (Å²) in [5, 5.41) is 28.9. The highest BCUT2D eigenvalue weighted by molar-refractivity contribution is 5.93. The summed E-state index contributed by atoms with van der Waals surface area (Å²) in [6.45, 7) is 0. The number of aromatic hydroxyl groups is 3. The van der Waals surface area contributed by atoms with Gasteiger partial charge in [0, 0.05) is 16.8 Å². The molecule has 0 amide bonds. The number of phenolic OH excluding ortho intramolecular Hbond substituents is 3. The Labute approximate surface area is 74.5 Å². The molecular weight excluding hydrogens is 168 g/mol. The van der Waals surface area contributed by atoms with E-state index in [9.17, 15) is 10.2 Å². The molecule has 2 rings (SSSR count). The first-order chi connectivity index (χ1) is 6.18. The number of phenols is 3. The van der Waals surface area contributed by atoms with E-state index in [1.165, 1.54) is 18.2 Å². The van der Waals surface area contributed by atoms with E-state index in [4.69, 9.17) is 5.11 Å². The quantitative estimate of drug-likeness (QED) is 0.575. The van der Waals surface area contributed by atoms with Crippen molar-refractivity contribution < 1.29 is 15.3 Å². The molecule has 0 aliphatic rings. The van der Waals surface area contributed by atoms with E-state index in [0.717, 1.165) is 0 Å². The van der Waals surface area contributed by atoms with Crippen LogP contribution in [0.2, 0.25) is 0 Å². The summed E-state index contributed by atoms with van der Waals surface area (Å²) in [4.78, 5) is 0. The summed E-state index contributed by atoms with van der Waals surface area (Å²) >= 11 is 0. The number of fused-ring (bicyclic) bond motifs is 1. The third-order valence-corrected chi connectivity index (χ3v) is 1.94. The molecule has 66 valence electrons. The van der Waals surface area contributed by atoms with Gasteiger partial charge in [-0.25, -0.2) is 0 Å². The van der Waals surface area contributed by atoms with Crippen LogP contribution in [0.25, 0.3) is 10.8 Å². The Bertz CT molecular complexity index is 463. The minimum absolute atomic E-state index is 0.0362. The van der Waals surface area contributed by atoms with E-state index in [0.29, 0.717) is 10.8 Å². The summed E-state index contributed by atoms with van der Waals surface area (Å²) in [6.07, 6.45) is 0. The second-order valence-electron chi connectivity index (χ2n) is 2.84. The fraction of sp³-hybridized carbons (Fsp3) is 0. The van der Waals surface area contributed by atoms with E-state index in [-0.39, 0.29) is 17.2 Å². The zero-order valence-corrected chi connectivity index (χ0v) is 6.73. The van der Waals surface area contributed by atoms with Crippen molar-refractivity contribution in [3.05, 3.63) is 30.3 Å². The Balaban J connectivity index is 2.94. The van der Waals surface area contributed by atoms with Gasteiger partial charge in [-0.3, -0.25) is 0 Å². The maximum absolute atomic E-state index is 9.41. The minimum Gasteiger partial charge on any atom is -0.508 e. The van der Waals surface area contributed by atoms with E-state index >= 15 is 0 Å². The number of hydrogen-bond donors (Lipinski definition) is 3. The molecule has 0 radical (unpaired) electrons. The normalized spacial score (nSPS) is 10.5. The van der Waals surface area contributed by atoms with Crippen LogP contribution in [-0.4, -0.2) is 15.3 Å². The van der Waals surface area contributed by atoms with Crippen LogP contribution >= 0.6 is 0 Å². The van der Waals surface area contributed by atoms with Gasteiger partial charge >= 0.3 is 0 Å². The highest BCUT2D eigenvalue weighted by Crippen LogP contribution is 2.34. The number of benzene rings is 2. The van der Waals surface area contributed by atoms with Gasteiger partial charge in [-0.15, -0.1) is 0 Å². The Hall–Kier alpha value is -1.90. The number of rotatable bonds is 0. The van der Waals surface area contributed by atoms with E-state index in [1.807, 2.05) is 0 Å². The highest BCUT2D eigenvalue weighted by atomic mass is 16.3.